The van der Waals surface area contributed by atoms with Crippen LogP contribution in [0, 0.1) is 11.8 Å². The smallest absolute Gasteiger partial charge is 0.227 e. The van der Waals surface area contributed by atoms with Gasteiger partial charge in [0.15, 0.2) is 0 Å². The normalized spacial score (nSPS) is 22.5. The average Bonchev–Trinajstić information content (AvgIpc) is 2.85. The van der Waals surface area contributed by atoms with Crippen molar-refractivity contribution in [3.05, 3.63) is 12.4 Å². The van der Waals surface area contributed by atoms with E-state index < -0.39 is 0 Å². The lowest BCUT2D eigenvalue weighted by molar-refractivity contribution is -0.121. The highest BCUT2D eigenvalue weighted by molar-refractivity contribution is 5.89. The largest absolute Gasteiger partial charge is 0.379 e. The van der Waals surface area contributed by atoms with Crippen LogP contribution in [0.3, 0.4) is 0 Å². The Bertz CT molecular complexity index is 459. The SMILES string of the molecule is COC1COCCC1CC(=O)Nc1nccn1CC(C)C. The van der Waals surface area contributed by atoms with E-state index in [1.807, 2.05) is 10.8 Å². The number of carbonyl (C=O) groups excluding carboxylic acids is 1. The molecular formula is C15H25N3O3. The van der Waals surface area contributed by atoms with Gasteiger partial charge in [-0.15, -0.1) is 0 Å². The van der Waals surface area contributed by atoms with Crippen molar-refractivity contribution in [1.82, 2.24) is 9.55 Å². The summed E-state index contributed by atoms with van der Waals surface area (Å²) in [4.78, 5) is 16.4. The van der Waals surface area contributed by atoms with Gasteiger partial charge in [0.25, 0.3) is 0 Å². The summed E-state index contributed by atoms with van der Waals surface area (Å²) in [5, 5.41) is 2.90. The number of anilines is 1. The summed E-state index contributed by atoms with van der Waals surface area (Å²) in [6, 6.07) is 0. The Morgan fingerprint density at radius 1 is 1.62 bits per heavy atom. The van der Waals surface area contributed by atoms with E-state index in [-0.39, 0.29) is 17.9 Å². The first-order chi connectivity index (χ1) is 10.1. The van der Waals surface area contributed by atoms with Gasteiger partial charge >= 0.3 is 0 Å². The third-order valence-electron chi connectivity index (χ3n) is 3.72. The highest BCUT2D eigenvalue weighted by Crippen LogP contribution is 2.22. The zero-order chi connectivity index (χ0) is 15.2. The molecule has 1 aromatic heterocycles. The van der Waals surface area contributed by atoms with Gasteiger partial charge in [-0.2, -0.15) is 0 Å². The van der Waals surface area contributed by atoms with E-state index in [0.717, 1.165) is 13.0 Å². The minimum atomic E-state index is -0.0137. The van der Waals surface area contributed by atoms with Gasteiger partial charge in [0, 0.05) is 39.1 Å². The number of methoxy groups -OCH3 is 1. The van der Waals surface area contributed by atoms with Gasteiger partial charge in [0.05, 0.1) is 12.7 Å². The third kappa shape index (κ3) is 4.54. The number of rotatable bonds is 6. The van der Waals surface area contributed by atoms with Crippen LogP contribution in [0.15, 0.2) is 12.4 Å². The molecule has 0 saturated carbocycles. The molecule has 0 bridgehead atoms. The molecule has 1 saturated heterocycles. The van der Waals surface area contributed by atoms with Crippen molar-refractivity contribution in [1.29, 1.82) is 0 Å². The zero-order valence-electron chi connectivity index (χ0n) is 13.0. The fraction of sp³-hybridized carbons (Fsp3) is 0.733. The second-order valence-electron chi connectivity index (χ2n) is 5.95. The quantitative estimate of drug-likeness (QED) is 0.871. The number of amides is 1. The molecule has 1 aliphatic heterocycles. The van der Waals surface area contributed by atoms with Gasteiger partial charge < -0.3 is 14.0 Å². The first kappa shape index (κ1) is 16.0. The molecule has 1 aliphatic rings. The predicted molar refractivity (Wildman–Crippen MR) is 80.0 cm³/mol. The van der Waals surface area contributed by atoms with Crippen LogP contribution in [0.5, 0.6) is 0 Å². The van der Waals surface area contributed by atoms with Crippen LogP contribution in [0.1, 0.15) is 26.7 Å². The van der Waals surface area contributed by atoms with E-state index in [0.29, 0.717) is 31.5 Å². The van der Waals surface area contributed by atoms with Crippen LogP contribution < -0.4 is 5.32 Å². The molecule has 6 heteroatoms. The zero-order valence-corrected chi connectivity index (χ0v) is 13.0. The number of nitrogens with zero attached hydrogens (tertiary/aromatic N) is 2. The highest BCUT2D eigenvalue weighted by Gasteiger charge is 2.28. The Hall–Kier alpha value is -1.40. The molecule has 1 amide bonds. The lowest BCUT2D eigenvalue weighted by Gasteiger charge is -2.29. The Balaban J connectivity index is 1.90. The topological polar surface area (TPSA) is 65.4 Å². The van der Waals surface area contributed by atoms with E-state index in [4.69, 9.17) is 9.47 Å². The van der Waals surface area contributed by atoms with Gasteiger partial charge in [-0.25, -0.2) is 4.98 Å². The second kappa shape index (κ2) is 7.56. The Kier molecular flexibility index (Phi) is 5.76. The van der Waals surface area contributed by atoms with Crippen LogP contribution in [0.25, 0.3) is 0 Å². The standard InChI is InChI=1S/C15H25N3O3/c1-11(2)9-18-6-5-16-15(18)17-14(19)8-12-4-7-21-10-13(12)20-3/h5-6,11-13H,4,7-10H2,1-3H3,(H,16,17,19). The monoisotopic (exact) mass is 295 g/mol. The number of carbonyl (C=O) groups is 1. The summed E-state index contributed by atoms with van der Waals surface area (Å²) >= 11 is 0. The first-order valence-electron chi connectivity index (χ1n) is 7.51. The van der Waals surface area contributed by atoms with Crippen molar-refractivity contribution >= 4 is 11.9 Å². The van der Waals surface area contributed by atoms with E-state index in [1.165, 1.54) is 0 Å². The van der Waals surface area contributed by atoms with Crippen LogP contribution in [0.2, 0.25) is 0 Å². The van der Waals surface area contributed by atoms with Crippen molar-refractivity contribution in [3.63, 3.8) is 0 Å². The highest BCUT2D eigenvalue weighted by atomic mass is 16.5. The molecule has 2 heterocycles. The molecule has 0 aromatic carbocycles. The fourth-order valence-corrected chi connectivity index (χ4v) is 2.64. The summed E-state index contributed by atoms with van der Waals surface area (Å²) in [7, 11) is 1.67. The number of imidazole rings is 1. The molecule has 0 aliphatic carbocycles. The summed E-state index contributed by atoms with van der Waals surface area (Å²) in [6.07, 6.45) is 4.90. The van der Waals surface area contributed by atoms with Gasteiger partial charge in [-0.1, -0.05) is 13.8 Å². The van der Waals surface area contributed by atoms with Crippen LogP contribution in [-0.4, -0.2) is 41.9 Å². The van der Waals surface area contributed by atoms with E-state index in [1.54, 1.807) is 13.3 Å². The first-order valence-corrected chi connectivity index (χ1v) is 7.51. The molecule has 1 fully saturated rings. The predicted octanol–water partition coefficient (Wildman–Crippen LogP) is 1.92. The maximum absolute atomic E-state index is 12.2. The summed E-state index contributed by atoms with van der Waals surface area (Å²) in [5.41, 5.74) is 0. The molecule has 6 nitrogen and oxygen atoms in total. The average molecular weight is 295 g/mol. The lowest BCUT2D eigenvalue weighted by Crippen LogP contribution is -2.36. The third-order valence-corrected chi connectivity index (χ3v) is 3.72. The van der Waals surface area contributed by atoms with Crippen LogP contribution >= 0.6 is 0 Å². The number of ether oxygens (including phenoxy) is 2. The van der Waals surface area contributed by atoms with Crippen LogP contribution in [-0.2, 0) is 20.8 Å². The Morgan fingerprint density at radius 3 is 3.14 bits per heavy atom. The maximum Gasteiger partial charge on any atom is 0.227 e. The molecule has 118 valence electrons. The van der Waals surface area contributed by atoms with Gasteiger partial charge in [-0.3, -0.25) is 10.1 Å². The minimum absolute atomic E-state index is 0.0000843. The molecule has 21 heavy (non-hydrogen) atoms. The maximum atomic E-state index is 12.2. The molecule has 0 spiro atoms. The molecular weight excluding hydrogens is 270 g/mol. The van der Waals surface area contributed by atoms with Gasteiger partial charge in [-0.05, 0) is 18.3 Å². The van der Waals surface area contributed by atoms with Crippen molar-refractivity contribution in [2.45, 2.75) is 39.3 Å². The van der Waals surface area contributed by atoms with Crippen molar-refractivity contribution in [3.8, 4) is 0 Å². The molecule has 2 unspecified atom stereocenters. The van der Waals surface area contributed by atoms with Gasteiger partial charge in [0.2, 0.25) is 11.9 Å². The van der Waals surface area contributed by atoms with Gasteiger partial charge in [0.1, 0.15) is 0 Å². The van der Waals surface area contributed by atoms with E-state index in [9.17, 15) is 4.79 Å². The Morgan fingerprint density at radius 2 is 2.43 bits per heavy atom. The lowest BCUT2D eigenvalue weighted by atomic mass is 9.93. The van der Waals surface area contributed by atoms with Crippen molar-refractivity contribution in [2.75, 3.05) is 25.6 Å². The second-order valence-corrected chi connectivity index (χ2v) is 5.95. The number of hydrogen-bond acceptors (Lipinski definition) is 4. The Labute approximate surface area is 125 Å². The summed E-state index contributed by atoms with van der Waals surface area (Å²) < 4.78 is 12.7. The van der Waals surface area contributed by atoms with E-state index in [2.05, 4.69) is 24.1 Å². The minimum Gasteiger partial charge on any atom is -0.379 e. The molecule has 2 rings (SSSR count). The number of aromatic nitrogens is 2. The number of nitrogens with one attached hydrogen (secondary N) is 1. The van der Waals surface area contributed by atoms with Crippen LogP contribution in [0.4, 0.5) is 5.95 Å². The number of hydrogen-bond donors (Lipinski definition) is 1. The summed E-state index contributed by atoms with van der Waals surface area (Å²) in [6.45, 7) is 6.37. The molecule has 2 atom stereocenters. The van der Waals surface area contributed by atoms with E-state index >= 15 is 0 Å². The van der Waals surface area contributed by atoms with Crippen molar-refractivity contribution < 1.29 is 14.3 Å². The fourth-order valence-electron chi connectivity index (χ4n) is 2.64. The molecule has 1 aromatic rings. The molecule has 1 N–H and O–H groups in total. The molecule has 0 radical (unpaired) electrons. The van der Waals surface area contributed by atoms with Crippen molar-refractivity contribution in [2.24, 2.45) is 11.8 Å². The summed E-state index contributed by atoms with van der Waals surface area (Å²) in [5.74, 6) is 1.32.